The molecule has 0 spiro atoms. The molecule has 2 fully saturated rings. The summed E-state index contributed by atoms with van der Waals surface area (Å²) in [6.45, 7) is 5.97. The number of carbonyl (C=O) groups is 1. The summed E-state index contributed by atoms with van der Waals surface area (Å²) in [7, 11) is -0.0832. The van der Waals surface area contributed by atoms with Crippen LogP contribution in [-0.4, -0.2) is 42.6 Å². The van der Waals surface area contributed by atoms with Gasteiger partial charge in [-0.1, -0.05) is 62.2 Å². The smallest absolute Gasteiger partial charge is 0.457 e. The van der Waals surface area contributed by atoms with Crippen molar-refractivity contribution in [1.82, 2.24) is 0 Å². The number of rotatable bonds is 16. The SMILES string of the molecule is CCCCB1O[C@H]2C[C@@H](O1)[C@H](C/C=C\CCCC(=O)OC(C)C)[C@H]2CC[C@@H](O)CCc1ccccc1. The molecule has 1 saturated heterocycles. The Kier molecular flexibility index (Phi) is 12.5. The van der Waals surface area contributed by atoms with E-state index in [1.807, 2.05) is 19.9 Å². The van der Waals surface area contributed by atoms with E-state index in [1.54, 1.807) is 0 Å². The second-order valence-corrected chi connectivity index (χ2v) is 10.9. The molecule has 36 heavy (non-hydrogen) atoms. The second-order valence-electron chi connectivity index (χ2n) is 10.9. The molecule has 1 aliphatic heterocycles. The number of carbonyl (C=O) groups excluding carboxylic acids is 1. The zero-order chi connectivity index (χ0) is 25.8. The predicted molar refractivity (Wildman–Crippen MR) is 146 cm³/mol. The zero-order valence-corrected chi connectivity index (χ0v) is 22.6. The Labute approximate surface area is 219 Å². The normalized spacial score (nSPS) is 24.5. The number of aryl methyl sites for hydroxylation is 1. The molecule has 0 aromatic heterocycles. The van der Waals surface area contributed by atoms with Crippen molar-refractivity contribution in [3.8, 4) is 0 Å². The number of aliphatic hydroxyl groups is 1. The molecule has 3 rings (SSSR count). The lowest BCUT2D eigenvalue weighted by atomic mass is 9.80. The first kappa shape index (κ1) is 28.9. The lowest BCUT2D eigenvalue weighted by molar-refractivity contribution is -0.147. The molecule has 5 nitrogen and oxygen atoms in total. The van der Waals surface area contributed by atoms with Crippen LogP contribution in [0.1, 0.15) is 90.5 Å². The van der Waals surface area contributed by atoms with Crippen molar-refractivity contribution >= 4 is 13.1 Å². The van der Waals surface area contributed by atoms with E-state index in [0.29, 0.717) is 18.3 Å². The summed E-state index contributed by atoms with van der Waals surface area (Å²) < 4.78 is 18.0. The molecule has 1 heterocycles. The fourth-order valence-corrected chi connectivity index (χ4v) is 5.66. The number of hydrogen-bond acceptors (Lipinski definition) is 5. The molecule has 2 aliphatic rings. The summed E-state index contributed by atoms with van der Waals surface area (Å²) in [6.07, 6.45) is 15.4. The van der Waals surface area contributed by atoms with Crippen LogP contribution in [0.4, 0.5) is 0 Å². The van der Waals surface area contributed by atoms with Crippen LogP contribution in [-0.2, 0) is 25.3 Å². The summed E-state index contributed by atoms with van der Waals surface area (Å²) in [6, 6.07) is 10.4. The Morgan fingerprint density at radius 1 is 1.11 bits per heavy atom. The molecular weight excluding hydrogens is 451 g/mol. The number of ether oxygens (including phenoxy) is 1. The third-order valence-corrected chi connectivity index (χ3v) is 7.55. The highest BCUT2D eigenvalue weighted by Gasteiger charge is 2.49. The Hall–Kier alpha value is -1.63. The fraction of sp³-hybridized carbons (Fsp3) is 0.700. The lowest BCUT2D eigenvalue weighted by Gasteiger charge is -2.28. The summed E-state index contributed by atoms with van der Waals surface area (Å²) in [5, 5.41) is 10.7. The number of fused-ring (bicyclic) bond motifs is 2. The van der Waals surface area contributed by atoms with Crippen molar-refractivity contribution < 1.29 is 23.9 Å². The zero-order valence-electron chi connectivity index (χ0n) is 22.6. The van der Waals surface area contributed by atoms with Crippen LogP contribution in [0.15, 0.2) is 42.5 Å². The van der Waals surface area contributed by atoms with Gasteiger partial charge in [-0.15, -0.1) is 0 Å². The van der Waals surface area contributed by atoms with Gasteiger partial charge in [-0.3, -0.25) is 4.79 Å². The monoisotopic (exact) mass is 498 g/mol. The van der Waals surface area contributed by atoms with Gasteiger partial charge in [0.2, 0.25) is 0 Å². The van der Waals surface area contributed by atoms with Gasteiger partial charge in [-0.2, -0.15) is 0 Å². The molecule has 0 unspecified atom stereocenters. The maximum atomic E-state index is 11.7. The Bertz CT molecular complexity index is 783. The van der Waals surface area contributed by atoms with Crippen molar-refractivity contribution in [2.75, 3.05) is 0 Å². The highest BCUT2D eigenvalue weighted by atomic mass is 16.6. The van der Waals surface area contributed by atoms with E-state index in [0.717, 1.165) is 70.5 Å². The summed E-state index contributed by atoms with van der Waals surface area (Å²) in [5.74, 6) is 0.723. The summed E-state index contributed by atoms with van der Waals surface area (Å²) in [4.78, 5) is 11.7. The van der Waals surface area contributed by atoms with Crippen molar-refractivity contribution in [2.45, 2.75) is 122 Å². The van der Waals surface area contributed by atoms with E-state index in [1.165, 1.54) is 5.56 Å². The topological polar surface area (TPSA) is 65.0 Å². The highest BCUT2D eigenvalue weighted by Crippen LogP contribution is 2.45. The first-order valence-corrected chi connectivity index (χ1v) is 14.3. The molecular formula is C30H47BO5. The minimum atomic E-state index is -0.288. The minimum absolute atomic E-state index is 0.0491. The van der Waals surface area contributed by atoms with Gasteiger partial charge in [0.05, 0.1) is 12.2 Å². The first-order valence-electron chi connectivity index (χ1n) is 14.3. The van der Waals surface area contributed by atoms with Gasteiger partial charge in [0.1, 0.15) is 0 Å². The average molecular weight is 499 g/mol. The van der Waals surface area contributed by atoms with Crippen molar-refractivity contribution in [3.63, 3.8) is 0 Å². The Morgan fingerprint density at radius 3 is 2.58 bits per heavy atom. The molecule has 1 aromatic carbocycles. The quantitative estimate of drug-likeness (QED) is 0.121. The third kappa shape index (κ3) is 9.68. The number of hydrogen-bond donors (Lipinski definition) is 1. The molecule has 5 atom stereocenters. The minimum Gasteiger partial charge on any atom is -0.463 e. The molecule has 200 valence electrons. The van der Waals surface area contributed by atoms with Crippen LogP contribution in [0.3, 0.4) is 0 Å². The maximum Gasteiger partial charge on any atom is 0.457 e. The van der Waals surface area contributed by atoms with E-state index in [2.05, 4.69) is 43.3 Å². The van der Waals surface area contributed by atoms with E-state index < -0.39 is 0 Å². The molecule has 0 radical (unpaired) electrons. The van der Waals surface area contributed by atoms with Gasteiger partial charge < -0.3 is 19.2 Å². The highest BCUT2D eigenvalue weighted by molar-refractivity contribution is 6.44. The molecule has 2 bridgehead atoms. The van der Waals surface area contributed by atoms with Gasteiger partial charge in [0.15, 0.2) is 0 Å². The first-order chi connectivity index (χ1) is 17.5. The third-order valence-electron chi connectivity index (χ3n) is 7.55. The number of unbranched alkanes of at least 4 members (excludes halogenated alkanes) is 2. The standard InChI is InChI=1S/C30H47BO5/c1-4-5-21-31-35-28-22-29(36-31)27(20-19-25(32)18-17-24-13-9-8-10-14-24)26(28)15-11-6-7-12-16-30(33)34-23(2)3/h6,8-11,13-14,23,25-29,32H,4-5,7,12,15-22H2,1-3H3/b11-6-/t25-,26+,27+,28+,29-/m0/s1. The van der Waals surface area contributed by atoms with Crippen LogP contribution < -0.4 is 0 Å². The van der Waals surface area contributed by atoms with Crippen molar-refractivity contribution in [3.05, 3.63) is 48.0 Å². The van der Waals surface area contributed by atoms with E-state index in [9.17, 15) is 9.90 Å². The van der Waals surface area contributed by atoms with Crippen LogP contribution in [0.5, 0.6) is 0 Å². The molecule has 1 saturated carbocycles. The fourth-order valence-electron chi connectivity index (χ4n) is 5.66. The largest absolute Gasteiger partial charge is 0.463 e. The van der Waals surface area contributed by atoms with Gasteiger partial charge >= 0.3 is 13.1 Å². The van der Waals surface area contributed by atoms with Crippen LogP contribution in [0, 0.1) is 11.8 Å². The van der Waals surface area contributed by atoms with Gasteiger partial charge in [-0.25, -0.2) is 0 Å². The predicted octanol–water partition coefficient (Wildman–Crippen LogP) is 6.54. The van der Waals surface area contributed by atoms with E-state index in [-0.39, 0.29) is 37.5 Å². The molecule has 1 aromatic rings. The van der Waals surface area contributed by atoms with Gasteiger partial charge in [-0.05, 0) is 88.9 Å². The molecule has 1 N–H and O–H groups in total. The van der Waals surface area contributed by atoms with Crippen molar-refractivity contribution in [2.24, 2.45) is 11.8 Å². The van der Waals surface area contributed by atoms with Crippen LogP contribution in [0.25, 0.3) is 0 Å². The average Bonchev–Trinajstić information content (AvgIpc) is 3.10. The molecule has 0 amide bonds. The van der Waals surface area contributed by atoms with Crippen LogP contribution in [0.2, 0.25) is 6.32 Å². The number of allylic oxidation sites excluding steroid dienone is 2. The van der Waals surface area contributed by atoms with Gasteiger partial charge in [0.25, 0.3) is 0 Å². The summed E-state index contributed by atoms with van der Waals surface area (Å²) >= 11 is 0. The maximum absolute atomic E-state index is 11.7. The lowest BCUT2D eigenvalue weighted by Crippen LogP contribution is -2.37. The molecule has 6 heteroatoms. The Balaban J connectivity index is 1.49. The van der Waals surface area contributed by atoms with E-state index >= 15 is 0 Å². The summed E-state index contributed by atoms with van der Waals surface area (Å²) in [5.41, 5.74) is 1.28. The second kappa shape index (κ2) is 15.6. The number of benzene rings is 1. The number of esters is 1. The molecule has 1 aliphatic carbocycles. The van der Waals surface area contributed by atoms with Crippen LogP contribution >= 0.6 is 0 Å². The Morgan fingerprint density at radius 2 is 1.86 bits per heavy atom. The van der Waals surface area contributed by atoms with Crippen molar-refractivity contribution in [1.29, 1.82) is 0 Å². The van der Waals surface area contributed by atoms with E-state index in [4.69, 9.17) is 14.0 Å². The van der Waals surface area contributed by atoms with Gasteiger partial charge in [0, 0.05) is 18.6 Å². The number of aliphatic hydroxyl groups excluding tert-OH is 1.